The minimum atomic E-state index is -0.904. The van der Waals surface area contributed by atoms with Gasteiger partial charge in [0.15, 0.2) is 0 Å². The molecule has 0 amide bonds. The SMILES string of the molecule is O=C(O)CNCCSCC(=O)O.[H-].[H-].[K+].[K+]. The van der Waals surface area contributed by atoms with Crippen molar-refractivity contribution in [1.29, 1.82) is 0 Å². The third-order valence-electron chi connectivity index (χ3n) is 0.925. The topological polar surface area (TPSA) is 86.6 Å². The van der Waals surface area contributed by atoms with Gasteiger partial charge in [0.1, 0.15) is 0 Å². The van der Waals surface area contributed by atoms with Crippen molar-refractivity contribution in [3.63, 3.8) is 0 Å². The number of thioether (sulfide) groups is 1. The van der Waals surface area contributed by atoms with Gasteiger partial charge in [-0.25, -0.2) is 0 Å². The van der Waals surface area contributed by atoms with E-state index >= 15 is 0 Å². The predicted molar refractivity (Wildman–Crippen MR) is 47.7 cm³/mol. The molecule has 5 nitrogen and oxygen atoms in total. The molecular weight excluding hydrogens is 260 g/mol. The molecule has 0 bridgehead atoms. The summed E-state index contributed by atoms with van der Waals surface area (Å²) >= 11 is 1.26. The molecule has 0 fully saturated rings. The quantitative estimate of drug-likeness (QED) is 0.316. The van der Waals surface area contributed by atoms with Crippen LogP contribution in [0.3, 0.4) is 0 Å². The van der Waals surface area contributed by atoms with Gasteiger partial charge < -0.3 is 18.4 Å². The normalized spacial score (nSPS) is 8.29. The standard InChI is InChI=1S/C6H11NO4S.2K.2H/c8-5(9)3-7-1-2-12-4-6(10)11;;;;/h7H,1-4H2,(H,8,9)(H,10,11);;;;/q;2*+1;2*-1. The zero-order chi connectivity index (χ0) is 9.40. The van der Waals surface area contributed by atoms with E-state index in [2.05, 4.69) is 5.32 Å². The predicted octanol–water partition coefficient (Wildman–Crippen LogP) is -6.29. The van der Waals surface area contributed by atoms with Gasteiger partial charge in [-0.05, 0) is 0 Å². The first-order valence-electron chi connectivity index (χ1n) is 3.35. The first-order chi connectivity index (χ1) is 5.63. The molecule has 0 aliphatic heterocycles. The molecular formula is C6H13K2NO4S. The van der Waals surface area contributed by atoms with Gasteiger partial charge in [0.2, 0.25) is 0 Å². The first-order valence-corrected chi connectivity index (χ1v) is 4.50. The Morgan fingerprint density at radius 1 is 1.21 bits per heavy atom. The average molecular weight is 273 g/mol. The molecule has 0 aliphatic rings. The second-order valence-corrected chi connectivity index (χ2v) is 3.12. The minimum Gasteiger partial charge on any atom is -1.00 e. The number of carboxylic acid groups (broad SMARTS) is 2. The molecule has 0 radical (unpaired) electrons. The molecule has 0 atom stereocenters. The Morgan fingerprint density at radius 2 is 1.79 bits per heavy atom. The number of hydrogen-bond acceptors (Lipinski definition) is 4. The molecule has 0 aromatic carbocycles. The molecule has 8 heteroatoms. The Labute approximate surface area is 175 Å². The van der Waals surface area contributed by atoms with Crippen molar-refractivity contribution in [2.75, 3.05) is 24.6 Å². The van der Waals surface area contributed by atoms with Gasteiger partial charge in [-0.2, -0.15) is 0 Å². The number of carboxylic acids is 2. The number of rotatable bonds is 7. The van der Waals surface area contributed by atoms with Gasteiger partial charge in [0.05, 0.1) is 12.3 Å². The third kappa shape index (κ3) is 20.0. The molecule has 74 valence electrons. The average Bonchev–Trinajstić information content (AvgIpc) is 1.95. The summed E-state index contributed by atoms with van der Waals surface area (Å²) in [6, 6.07) is 0. The van der Waals surface area contributed by atoms with Gasteiger partial charge in [0, 0.05) is 12.3 Å². The van der Waals surface area contributed by atoms with Crippen LogP contribution in [-0.4, -0.2) is 46.7 Å². The van der Waals surface area contributed by atoms with E-state index in [1.807, 2.05) is 0 Å². The summed E-state index contributed by atoms with van der Waals surface area (Å²) in [6.07, 6.45) is 0. The number of nitrogens with one attached hydrogen (secondary N) is 1. The van der Waals surface area contributed by atoms with Crippen LogP contribution < -0.4 is 108 Å². The van der Waals surface area contributed by atoms with Crippen LogP contribution in [0.2, 0.25) is 0 Å². The van der Waals surface area contributed by atoms with E-state index in [9.17, 15) is 9.59 Å². The molecule has 14 heavy (non-hydrogen) atoms. The summed E-state index contributed by atoms with van der Waals surface area (Å²) in [6.45, 7) is 0.442. The molecule has 0 heterocycles. The molecule has 3 N–H and O–H groups in total. The summed E-state index contributed by atoms with van der Waals surface area (Å²) < 4.78 is 0. The molecule has 0 unspecified atom stereocenters. The van der Waals surface area contributed by atoms with E-state index in [0.717, 1.165) is 0 Å². The zero-order valence-electron chi connectivity index (χ0n) is 10.4. The van der Waals surface area contributed by atoms with Crippen LogP contribution in [0.5, 0.6) is 0 Å². The van der Waals surface area contributed by atoms with Crippen molar-refractivity contribution < 1.29 is 125 Å². The maximum Gasteiger partial charge on any atom is 1.00 e. The van der Waals surface area contributed by atoms with Gasteiger partial charge >= 0.3 is 115 Å². The van der Waals surface area contributed by atoms with Crippen molar-refractivity contribution in [2.24, 2.45) is 0 Å². The first kappa shape index (κ1) is 21.8. The van der Waals surface area contributed by atoms with E-state index < -0.39 is 11.9 Å². The van der Waals surface area contributed by atoms with Crippen molar-refractivity contribution in [3.05, 3.63) is 0 Å². The summed E-state index contributed by atoms with van der Waals surface area (Å²) in [5.41, 5.74) is 0. The second-order valence-electron chi connectivity index (χ2n) is 2.02. The molecule has 0 aromatic rings. The van der Waals surface area contributed by atoms with E-state index in [0.29, 0.717) is 12.3 Å². The number of aliphatic carboxylic acids is 2. The van der Waals surface area contributed by atoms with Crippen LogP contribution in [0.25, 0.3) is 0 Å². The molecule has 0 saturated carbocycles. The van der Waals surface area contributed by atoms with Gasteiger partial charge in [0.25, 0.3) is 0 Å². The van der Waals surface area contributed by atoms with Crippen molar-refractivity contribution >= 4 is 23.7 Å². The van der Waals surface area contributed by atoms with Gasteiger partial charge in [-0.3, -0.25) is 9.59 Å². The monoisotopic (exact) mass is 273 g/mol. The minimum absolute atomic E-state index is 0. The van der Waals surface area contributed by atoms with E-state index in [1.165, 1.54) is 11.8 Å². The zero-order valence-corrected chi connectivity index (χ0v) is 15.5. The smallest absolute Gasteiger partial charge is 1.00 e. The van der Waals surface area contributed by atoms with E-state index in [4.69, 9.17) is 10.2 Å². The largest absolute Gasteiger partial charge is 1.00 e. The Bertz CT molecular complexity index is 161. The Balaban J connectivity index is -0.000000101. The number of carbonyl (C=O) groups is 2. The maximum absolute atomic E-state index is 10.0. The Morgan fingerprint density at radius 3 is 2.21 bits per heavy atom. The third-order valence-corrected chi connectivity index (χ3v) is 1.87. The molecule has 0 spiro atoms. The summed E-state index contributed by atoms with van der Waals surface area (Å²) in [7, 11) is 0. The summed E-state index contributed by atoms with van der Waals surface area (Å²) in [4.78, 5) is 20.0. The maximum atomic E-state index is 10.0. The van der Waals surface area contributed by atoms with Crippen LogP contribution >= 0.6 is 11.8 Å². The fourth-order valence-electron chi connectivity index (χ4n) is 0.499. The van der Waals surface area contributed by atoms with Crippen LogP contribution in [0, 0.1) is 0 Å². The van der Waals surface area contributed by atoms with Crippen molar-refractivity contribution in [2.45, 2.75) is 0 Å². The van der Waals surface area contributed by atoms with Crippen LogP contribution in [0.15, 0.2) is 0 Å². The number of hydrogen-bond donors (Lipinski definition) is 3. The summed E-state index contributed by atoms with van der Waals surface area (Å²) in [5, 5.41) is 19.1. The second kappa shape index (κ2) is 15.5. The van der Waals surface area contributed by atoms with Crippen LogP contribution in [0.4, 0.5) is 0 Å². The van der Waals surface area contributed by atoms with Crippen molar-refractivity contribution in [3.8, 4) is 0 Å². The van der Waals surface area contributed by atoms with Crippen LogP contribution in [0.1, 0.15) is 2.85 Å². The fourth-order valence-corrected chi connectivity index (χ4v) is 1.11. The molecule has 0 rings (SSSR count). The van der Waals surface area contributed by atoms with Crippen LogP contribution in [-0.2, 0) is 9.59 Å². The molecule has 0 aromatic heterocycles. The van der Waals surface area contributed by atoms with E-state index in [-0.39, 0.29) is 118 Å². The van der Waals surface area contributed by atoms with E-state index in [1.54, 1.807) is 0 Å². The fraction of sp³-hybridized carbons (Fsp3) is 0.667. The Kier molecular flexibility index (Phi) is 24.1. The van der Waals surface area contributed by atoms with Crippen molar-refractivity contribution in [1.82, 2.24) is 5.32 Å². The Hall–Kier alpha value is 2.52. The van der Waals surface area contributed by atoms with Gasteiger partial charge in [-0.15, -0.1) is 11.8 Å². The van der Waals surface area contributed by atoms with Gasteiger partial charge in [-0.1, -0.05) is 0 Å². The molecule has 0 saturated heterocycles. The summed E-state index contributed by atoms with van der Waals surface area (Å²) in [5.74, 6) is -1.08. The molecule has 0 aliphatic carbocycles.